The number of imidazole rings is 1. The minimum atomic E-state index is -0.624. The Morgan fingerprint density at radius 2 is 2.00 bits per heavy atom. The number of fused-ring (bicyclic) bond motifs is 3. The normalized spacial score (nSPS) is 21.6. The predicted octanol–water partition coefficient (Wildman–Crippen LogP) is 2.10. The summed E-state index contributed by atoms with van der Waals surface area (Å²) in [7, 11) is 0. The highest BCUT2D eigenvalue weighted by atomic mass is 16.3. The summed E-state index contributed by atoms with van der Waals surface area (Å²) in [6, 6.07) is 0.285. The summed E-state index contributed by atoms with van der Waals surface area (Å²) in [5, 5.41) is 13.8. The van der Waals surface area contributed by atoms with Gasteiger partial charge in [0.1, 0.15) is 23.3 Å². The van der Waals surface area contributed by atoms with E-state index in [0.717, 1.165) is 87.5 Å². The second kappa shape index (κ2) is 8.15. The molecule has 2 aromatic rings. The summed E-state index contributed by atoms with van der Waals surface area (Å²) in [6.07, 6.45) is 7.58. The highest BCUT2D eigenvalue weighted by molar-refractivity contribution is 5.84. The topological polar surface area (TPSA) is 86.5 Å². The average Bonchev–Trinajstić information content (AvgIpc) is 3.39. The molecule has 0 aliphatic carbocycles. The van der Waals surface area contributed by atoms with Crippen LogP contribution in [0.3, 0.4) is 0 Å². The van der Waals surface area contributed by atoms with E-state index in [9.17, 15) is 9.90 Å². The fourth-order valence-electron chi connectivity index (χ4n) is 5.30. The number of pyridine rings is 1. The molecule has 0 aromatic carbocycles. The molecule has 0 bridgehead atoms. The number of piperidine rings is 2. The Morgan fingerprint density at radius 1 is 1.23 bits per heavy atom. The molecule has 3 aliphatic heterocycles. The second-order valence-corrected chi connectivity index (χ2v) is 8.96. The molecule has 8 heteroatoms. The largest absolute Gasteiger partial charge is 0.385 e. The lowest BCUT2D eigenvalue weighted by Gasteiger charge is -2.35. The summed E-state index contributed by atoms with van der Waals surface area (Å²) in [5.74, 6) is 1.96. The van der Waals surface area contributed by atoms with Gasteiger partial charge in [-0.15, -0.1) is 0 Å². The number of anilines is 1. The summed E-state index contributed by atoms with van der Waals surface area (Å²) in [6.45, 7) is 6.85. The molecule has 1 unspecified atom stereocenters. The zero-order chi connectivity index (χ0) is 20.7. The maximum absolute atomic E-state index is 12.6. The van der Waals surface area contributed by atoms with Crippen LogP contribution in [0.15, 0.2) is 6.20 Å². The minimum absolute atomic E-state index is 0.279. The molecule has 1 atom stereocenters. The summed E-state index contributed by atoms with van der Waals surface area (Å²) in [5.41, 5.74) is 3.22. The van der Waals surface area contributed by atoms with E-state index in [4.69, 9.17) is 4.98 Å². The zero-order valence-corrected chi connectivity index (χ0v) is 17.8. The molecule has 1 amide bonds. The molecule has 2 saturated heterocycles. The van der Waals surface area contributed by atoms with Crippen molar-refractivity contribution in [1.82, 2.24) is 24.3 Å². The zero-order valence-electron chi connectivity index (χ0n) is 17.8. The van der Waals surface area contributed by atoms with Gasteiger partial charge in [-0.3, -0.25) is 9.69 Å². The molecule has 0 radical (unpaired) electrons. The smallest absolute Gasteiger partial charge is 0.236 e. The standard InChI is InChI=1S/C22H32N6O2/c1-15(29)22-25-18-13-24-21-17(5-8-23-21)20(18)28(22)16-6-11-26(12-7-16)14-19(30)27-9-3-2-4-10-27/h13,15-16,29H,2-12,14H2,1H3,(H,23,24). The Bertz CT molecular complexity index is 925. The number of hydrogen-bond acceptors (Lipinski definition) is 6. The van der Waals surface area contributed by atoms with Gasteiger partial charge in [0.15, 0.2) is 0 Å². The van der Waals surface area contributed by atoms with E-state index in [0.29, 0.717) is 6.54 Å². The molecule has 0 spiro atoms. The molecule has 2 aromatic heterocycles. The van der Waals surface area contributed by atoms with Gasteiger partial charge < -0.3 is 19.9 Å². The van der Waals surface area contributed by atoms with E-state index in [1.165, 1.54) is 12.0 Å². The van der Waals surface area contributed by atoms with E-state index in [2.05, 4.69) is 19.8 Å². The lowest BCUT2D eigenvalue weighted by Crippen LogP contribution is -2.45. The Morgan fingerprint density at radius 3 is 2.73 bits per heavy atom. The quantitative estimate of drug-likeness (QED) is 0.800. The second-order valence-electron chi connectivity index (χ2n) is 8.96. The van der Waals surface area contributed by atoms with Gasteiger partial charge in [-0.05, 0) is 45.4 Å². The Balaban J connectivity index is 1.34. The van der Waals surface area contributed by atoms with E-state index < -0.39 is 6.10 Å². The number of likely N-dealkylation sites (tertiary alicyclic amines) is 2. The third kappa shape index (κ3) is 3.56. The van der Waals surface area contributed by atoms with Crippen molar-refractivity contribution in [3.8, 4) is 0 Å². The van der Waals surface area contributed by atoms with Crippen molar-refractivity contribution < 1.29 is 9.90 Å². The van der Waals surface area contributed by atoms with Gasteiger partial charge in [0.25, 0.3) is 0 Å². The average molecular weight is 413 g/mol. The number of aliphatic hydroxyl groups excluding tert-OH is 1. The van der Waals surface area contributed by atoms with Crippen LogP contribution in [0.5, 0.6) is 0 Å². The van der Waals surface area contributed by atoms with E-state index in [-0.39, 0.29) is 11.9 Å². The lowest BCUT2D eigenvalue weighted by molar-refractivity contribution is -0.133. The number of carbonyl (C=O) groups is 1. The third-order valence-corrected chi connectivity index (χ3v) is 6.88. The monoisotopic (exact) mass is 412 g/mol. The van der Waals surface area contributed by atoms with Crippen molar-refractivity contribution in [1.29, 1.82) is 0 Å². The molecule has 2 N–H and O–H groups in total. The minimum Gasteiger partial charge on any atom is -0.385 e. The Kier molecular flexibility index (Phi) is 5.37. The molecule has 2 fully saturated rings. The van der Waals surface area contributed by atoms with E-state index in [1.807, 2.05) is 11.1 Å². The number of aliphatic hydroxyl groups is 1. The van der Waals surface area contributed by atoms with Crippen molar-refractivity contribution in [2.75, 3.05) is 44.6 Å². The van der Waals surface area contributed by atoms with E-state index in [1.54, 1.807) is 6.92 Å². The van der Waals surface area contributed by atoms with Crippen molar-refractivity contribution in [3.63, 3.8) is 0 Å². The van der Waals surface area contributed by atoms with Crippen LogP contribution in [0.4, 0.5) is 5.82 Å². The SMILES string of the molecule is CC(O)c1nc2cnc3c(c2n1C1CCN(CC(=O)N2CCCCC2)CC1)CCN3. The molecular weight excluding hydrogens is 380 g/mol. The number of nitrogens with one attached hydrogen (secondary N) is 1. The molecule has 30 heavy (non-hydrogen) atoms. The van der Waals surface area contributed by atoms with Crippen LogP contribution in [0.1, 0.15) is 62.6 Å². The van der Waals surface area contributed by atoms with Gasteiger partial charge in [0.2, 0.25) is 5.91 Å². The van der Waals surface area contributed by atoms with Crippen molar-refractivity contribution >= 4 is 22.8 Å². The molecule has 8 nitrogen and oxygen atoms in total. The van der Waals surface area contributed by atoms with Crippen molar-refractivity contribution in [2.45, 2.75) is 57.6 Å². The first-order chi connectivity index (χ1) is 14.6. The predicted molar refractivity (Wildman–Crippen MR) is 115 cm³/mol. The van der Waals surface area contributed by atoms with Gasteiger partial charge >= 0.3 is 0 Å². The summed E-state index contributed by atoms with van der Waals surface area (Å²) < 4.78 is 2.28. The number of carbonyl (C=O) groups excluding carboxylic acids is 1. The molecule has 0 saturated carbocycles. The van der Waals surface area contributed by atoms with Crippen LogP contribution in [0.2, 0.25) is 0 Å². The highest BCUT2D eigenvalue weighted by Crippen LogP contribution is 2.36. The molecule has 5 rings (SSSR count). The number of aromatic nitrogens is 3. The summed E-state index contributed by atoms with van der Waals surface area (Å²) >= 11 is 0. The first-order valence-corrected chi connectivity index (χ1v) is 11.4. The summed E-state index contributed by atoms with van der Waals surface area (Å²) in [4.78, 5) is 26.2. The Labute approximate surface area is 177 Å². The highest BCUT2D eigenvalue weighted by Gasteiger charge is 2.30. The molecule has 3 aliphatic rings. The molecule has 5 heterocycles. The molecular formula is C22H32N6O2. The van der Waals surface area contributed by atoms with Gasteiger partial charge in [0.05, 0.1) is 18.3 Å². The van der Waals surface area contributed by atoms with Gasteiger partial charge in [-0.1, -0.05) is 0 Å². The van der Waals surface area contributed by atoms with Crippen LogP contribution in [0.25, 0.3) is 11.0 Å². The van der Waals surface area contributed by atoms with Crippen LogP contribution in [0, 0.1) is 0 Å². The van der Waals surface area contributed by atoms with Crippen LogP contribution < -0.4 is 5.32 Å². The fourth-order valence-corrected chi connectivity index (χ4v) is 5.30. The van der Waals surface area contributed by atoms with Crippen LogP contribution in [-0.4, -0.2) is 74.6 Å². The van der Waals surface area contributed by atoms with E-state index >= 15 is 0 Å². The third-order valence-electron chi connectivity index (χ3n) is 6.88. The van der Waals surface area contributed by atoms with Gasteiger partial charge in [-0.25, -0.2) is 9.97 Å². The van der Waals surface area contributed by atoms with Crippen molar-refractivity contribution in [2.24, 2.45) is 0 Å². The maximum atomic E-state index is 12.6. The fraction of sp³-hybridized carbons (Fsp3) is 0.682. The maximum Gasteiger partial charge on any atom is 0.236 e. The first-order valence-electron chi connectivity index (χ1n) is 11.4. The van der Waals surface area contributed by atoms with Crippen LogP contribution in [-0.2, 0) is 11.2 Å². The number of amides is 1. The first kappa shape index (κ1) is 19.8. The molecule has 162 valence electrons. The van der Waals surface area contributed by atoms with Gasteiger partial charge in [-0.2, -0.15) is 0 Å². The number of hydrogen-bond donors (Lipinski definition) is 2. The van der Waals surface area contributed by atoms with Gasteiger partial charge in [0, 0.05) is 44.3 Å². The number of rotatable bonds is 4. The van der Waals surface area contributed by atoms with Crippen LogP contribution >= 0.6 is 0 Å². The Hall–Kier alpha value is -2.19. The lowest BCUT2D eigenvalue weighted by atomic mass is 10.0. The number of nitrogens with zero attached hydrogens (tertiary/aromatic N) is 5. The van der Waals surface area contributed by atoms with Crippen molar-refractivity contribution in [3.05, 3.63) is 17.6 Å².